The van der Waals surface area contributed by atoms with E-state index in [4.69, 9.17) is 14.7 Å². The van der Waals surface area contributed by atoms with Crippen molar-refractivity contribution >= 4 is 27.7 Å². The van der Waals surface area contributed by atoms with Crippen LogP contribution in [-0.2, 0) is 31.2 Å². The Hall–Kier alpha value is -5.57. The zero-order chi connectivity index (χ0) is 37.7. The van der Waals surface area contributed by atoms with E-state index in [0.29, 0.717) is 5.90 Å². The number of benzene rings is 6. The molecule has 0 bridgehead atoms. The summed E-state index contributed by atoms with van der Waals surface area (Å²) in [6, 6.07) is 60.9. The number of nitrogens with zero attached hydrogens (tertiary/aromatic N) is 3. The van der Waals surface area contributed by atoms with Gasteiger partial charge in [0.2, 0.25) is 0 Å². The monoisotopic (exact) mass is 908 g/mol. The summed E-state index contributed by atoms with van der Waals surface area (Å²) < 4.78 is 9.20. The van der Waals surface area contributed by atoms with E-state index in [9.17, 15) is 0 Å². The van der Waals surface area contributed by atoms with Gasteiger partial charge in [0.15, 0.2) is 0 Å². The summed E-state index contributed by atoms with van der Waals surface area (Å²) in [6.07, 6.45) is 1.91. The summed E-state index contributed by atoms with van der Waals surface area (Å²) in [4.78, 5) is 10.3. The van der Waals surface area contributed by atoms with Crippen LogP contribution in [0.25, 0.3) is 49.9 Å². The fourth-order valence-electron chi connectivity index (χ4n) is 8.02. The van der Waals surface area contributed by atoms with Crippen LogP contribution in [0, 0.1) is 12.1 Å². The van der Waals surface area contributed by atoms with Gasteiger partial charge in [0.25, 0.3) is 0 Å². The van der Waals surface area contributed by atoms with E-state index >= 15 is 0 Å². The van der Waals surface area contributed by atoms with Crippen LogP contribution < -0.4 is 0 Å². The number of fused-ring (bicyclic) bond motifs is 3. The van der Waals surface area contributed by atoms with Gasteiger partial charge < -0.3 is 14.3 Å². The van der Waals surface area contributed by atoms with E-state index in [2.05, 4.69) is 203 Å². The van der Waals surface area contributed by atoms with Crippen molar-refractivity contribution in [3.8, 4) is 28.1 Å². The molecular weight excluding hydrogens is 866 g/mol. The van der Waals surface area contributed by atoms with Gasteiger partial charge in [-0.3, -0.25) is 4.99 Å². The topological polar surface area (TPSA) is 39.4 Å². The summed E-state index contributed by atoms with van der Waals surface area (Å²) in [5, 5.41) is 2.27. The molecule has 0 unspecified atom stereocenters. The van der Waals surface area contributed by atoms with Crippen LogP contribution in [0.3, 0.4) is 0 Å². The van der Waals surface area contributed by atoms with Crippen molar-refractivity contribution in [1.82, 2.24) is 9.55 Å². The Morgan fingerprint density at radius 2 is 1.30 bits per heavy atom. The molecule has 2 aromatic heterocycles. The summed E-state index contributed by atoms with van der Waals surface area (Å²) in [6.45, 7) is 11.0. The van der Waals surface area contributed by atoms with Gasteiger partial charge in [0, 0.05) is 17.6 Å². The Labute approximate surface area is 344 Å². The Bertz CT molecular complexity index is 2650. The third-order valence-corrected chi connectivity index (χ3v) is 10.9. The third-order valence-electron chi connectivity index (χ3n) is 10.9. The first kappa shape index (κ1) is 37.4. The number of ether oxygens (including phenoxy) is 1. The average Bonchev–Trinajstić information content (AvgIpc) is 3.71. The first-order valence-corrected chi connectivity index (χ1v) is 19.1. The Balaban J connectivity index is 0.00000441. The number of pyridine rings is 1. The molecule has 56 heavy (non-hydrogen) atoms. The molecule has 1 aliphatic heterocycles. The maximum atomic E-state index is 6.92. The molecule has 0 fully saturated rings. The zero-order valence-corrected chi connectivity index (χ0v) is 34.5. The fourth-order valence-corrected chi connectivity index (χ4v) is 8.02. The van der Waals surface area contributed by atoms with E-state index in [1.807, 2.05) is 6.20 Å². The SMILES string of the molecule is CC(C)(C)c1ccnc(-c2[c-]c3c(cc2)c2ccccc2n3-c2[c-]c(C3=N[C@H](C(c4ccccc4)c4ccccc4)C(C)(C)O3)cc(-c3ccccc3)c2)c1.[Pt+2]. The van der Waals surface area contributed by atoms with Gasteiger partial charge in [0.1, 0.15) is 11.5 Å². The van der Waals surface area contributed by atoms with Gasteiger partial charge >= 0.3 is 21.1 Å². The van der Waals surface area contributed by atoms with Gasteiger partial charge in [-0.25, -0.2) is 0 Å². The van der Waals surface area contributed by atoms with Crippen LogP contribution in [0.2, 0.25) is 0 Å². The molecule has 0 radical (unpaired) electrons. The molecule has 0 saturated heterocycles. The number of hydrogen-bond donors (Lipinski definition) is 0. The van der Waals surface area contributed by atoms with Crippen LogP contribution in [0.4, 0.5) is 0 Å². The summed E-state index contributed by atoms with van der Waals surface area (Å²) in [5.41, 5.74) is 10.8. The molecule has 8 aromatic rings. The van der Waals surface area contributed by atoms with E-state index < -0.39 is 5.60 Å². The second-order valence-corrected chi connectivity index (χ2v) is 16.1. The first-order chi connectivity index (χ1) is 26.6. The van der Waals surface area contributed by atoms with Crippen LogP contribution >= 0.6 is 0 Å². The Morgan fingerprint density at radius 1 is 0.661 bits per heavy atom. The molecule has 3 heterocycles. The molecule has 9 rings (SSSR count). The van der Waals surface area contributed by atoms with E-state index in [1.165, 1.54) is 16.7 Å². The van der Waals surface area contributed by atoms with Gasteiger partial charge in [-0.1, -0.05) is 153 Å². The van der Waals surface area contributed by atoms with Gasteiger partial charge in [-0.15, -0.1) is 42.0 Å². The standard InChI is InChI=1S/C51H43N3O.Pt/c1-50(2,3)40-27-28-52-44(33-40)37-25-26-43-42-23-15-16-24-45(42)54(46(43)32-37)41-30-38(34-17-9-6-10-18-34)29-39(31-41)49-53-48(51(4,5)55-49)47(35-19-11-7-12-20-35)36-21-13-8-14-22-36;/h6-30,33,47-48H,1-5H3;/q-2;+2/t48-;/m1./s1. The predicted octanol–water partition coefficient (Wildman–Crippen LogP) is 12.2. The zero-order valence-electron chi connectivity index (χ0n) is 32.2. The van der Waals surface area contributed by atoms with E-state index in [0.717, 1.165) is 55.4 Å². The molecule has 278 valence electrons. The normalized spacial score (nSPS) is 15.1. The molecule has 0 N–H and O–H groups in total. The van der Waals surface area contributed by atoms with Crippen LogP contribution in [0.15, 0.2) is 163 Å². The number of hydrogen-bond acceptors (Lipinski definition) is 3. The van der Waals surface area contributed by atoms with Crippen molar-refractivity contribution < 1.29 is 25.8 Å². The quantitative estimate of drug-likeness (QED) is 0.150. The minimum absolute atomic E-state index is 0. The first-order valence-electron chi connectivity index (χ1n) is 19.1. The molecule has 0 saturated carbocycles. The van der Waals surface area contributed by atoms with E-state index in [-0.39, 0.29) is 38.4 Å². The average molecular weight is 909 g/mol. The molecule has 1 atom stereocenters. The predicted molar refractivity (Wildman–Crippen MR) is 226 cm³/mol. The van der Waals surface area contributed by atoms with Gasteiger partial charge in [0.05, 0.1) is 6.04 Å². The van der Waals surface area contributed by atoms with Gasteiger partial charge in [-0.2, -0.15) is 0 Å². The molecule has 1 aliphatic rings. The maximum Gasteiger partial charge on any atom is 2.00 e. The van der Waals surface area contributed by atoms with Crippen LogP contribution in [0.5, 0.6) is 0 Å². The fraction of sp³-hybridized carbons (Fsp3) is 0.176. The molecule has 0 spiro atoms. The summed E-state index contributed by atoms with van der Waals surface area (Å²) >= 11 is 0. The van der Waals surface area contributed by atoms with Gasteiger partial charge in [-0.05, 0) is 75.9 Å². The molecule has 5 heteroatoms. The maximum absolute atomic E-state index is 6.92. The second-order valence-electron chi connectivity index (χ2n) is 16.1. The molecule has 6 aromatic carbocycles. The van der Waals surface area contributed by atoms with Crippen molar-refractivity contribution in [3.05, 3.63) is 192 Å². The molecule has 4 nitrogen and oxygen atoms in total. The molecule has 0 aliphatic carbocycles. The minimum Gasteiger partial charge on any atom is -0.512 e. The minimum atomic E-state index is -0.591. The smallest absolute Gasteiger partial charge is 0.512 e. The summed E-state index contributed by atoms with van der Waals surface area (Å²) in [5.74, 6) is 0.599. The Morgan fingerprint density at radius 3 is 1.98 bits per heavy atom. The number of aliphatic imine (C=N–C) groups is 1. The van der Waals surface area contributed by atoms with Crippen LogP contribution in [0.1, 0.15) is 62.8 Å². The third kappa shape index (κ3) is 6.92. The largest absolute Gasteiger partial charge is 2.00 e. The van der Waals surface area contributed by atoms with Crippen molar-refractivity contribution in [3.63, 3.8) is 0 Å². The molecule has 0 amide bonds. The Kier molecular flexibility index (Phi) is 9.89. The number of rotatable bonds is 7. The van der Waals surface area contributed by atoms with Crippen molar-refractivity contribution in [2.75, 3.05) is 0 Å². The second kappa shape index (κ2) is 14.8. The van der Waals surface area contributed by atoms with E-state index in [1.54, 1.807) is 0 Å². The van der Waals surface area contributed by atoms with Crippen molar-refractivity contribution in [2.45, 2.75) is 57.6 Å². The van der Waals surface area contributed by atoms with Crippen LogP contribution in [-0.4, -0.2) is 27.1 Å². The number of para-hydroxylation sites is 1. The summed E-state index contributed by atoms with van der Waals surface area (Å²) in [7, 11) is 0. The van der Waals surface area contributed by atoms with Crippen molar-refractivity contribution in [1.29, 1.82) is 0 Å². The number of aromatic nitrogens is 2. The van der Waals surface area contributed by atoms with Crippen molar-refractivity contribution in [2.24, 2.45) is 4.99 Å². The molecular formula is C51H43N3OPt.